The molecule has 0 saturated carbocycles. The van der Waals surface area contributed by atoms with Crippen LogP contribution in [0.15, 0.2) is 41.0 Å². The van der Waals surface area contributed by atoms with E-state index in [1.54, 1.807) is 12.1 Å². The fourth-order valence-electron chi connectivity index (χ4n) is 2.71. The van der Waals surface area contributed by atoms with Gasteiger partial charge in [-0.2, -0.15) is 8.78 Å². The molecule has 1 aromatic carbocycles. The van der Waals surface area contributed by atoms with Gasteiger partial charge in [0.15, 0.2) is 11.6 Å². The summed E-state index contributed by atoms with van der Waals surface area (Å²) in [6.07, 6.45) is 1.53. The molecule has 1 aliphatic rings. The maximum atomic E-state index is 13.7. The highest BCUT2D eigenvalue weighted by Gasteiger charge is 2.34. The number of amides is 2. The number of likely N-dealkylation sites (tertiary alicyclic amines) is 1. The SMILES string of the molecule is O=C(Nc1ccc(OC(F)F)c(F)c1)C1CC(=O)N(Cc2ccco2)C1. The largest absolute Gasteiger partial charge is 0.467 e. The Labute approximate surface area is 146 Å². The minimum absolute atomic E-state index is 0.0294. The van der Waals surface area contributed by atoms with Crippen molar-refractivity contribution in [1.29, 1.82) is 0 Å². The Hall–Kier alpha value is -2.97. The highest BCUT2D eigenvalue weighted by atomic mass is 19.3. The molecule has 0 bridgehead atoms. The number of carbonyl (C=O) groups excluding carboxylic acids is 2. The van der Waals surface area contributed by atoms with E-state index >= 15 is 0 Å². The van der Waals surface area contributed by atoms with Crippen molar-refractivity contribution in [3.63, 3.8) is 0 Å². The van der Waals surface area contributed by atoms with Crippen molar-refractivity contribution in [2.75, 3.05) is 11.9 Å². The lowest BCUT2D eigenvalue weighted by Gasteiger charge is -2.15. The van der Waals surface area contributed by atoms with Crippen LogP contribution in [0.5, 0.6) is 5.75 Å². The van der Waals surface area contributed by atoms with E-state index in [0.29, 0.717) is 5.76 Å². The van der Waals surface area contributed by atoms with Crippen molar-refractivity contribution in [3.05, 3.63) is 48.2 Å². The minimum atomic E-state index is -3.14. The number of anilines is 1. The van der Waals surface area contributed by atoms with E-state index in [0.717, 1.165) is 12.1 Å². The molecular weight excluding hydrogens is 353 g/mol. The number of nitrogens with zero attached hydrogens (tertiary/aromatic N) is 1. The summed E-state index contributed by atoms with van der Waals surface area (Å²) >= 11 is 0. The summed E-state index contributed by atoms with van der Waals surface area (Å²) in [4.78, 5) is 25.8. The molecule has 2 aromatic rings. The van der Waals surface area contributed by atoms with Crippen molar-refractivity contribution in [2.45, 2.75) is 19.6 Å². The van der Waals surface area contributed by atoms with Gasteiger partial charge >= 0.3 is 6.61 Å². The van der Waals surface area contributed by atoms with Gasteiger partial charge in [0, 0.05) is 24.7 Å². The standard InChI is InChI=1S/C17H15F3N2O4/c18-13-7-11(3-4-14(13)26-17(19)20)21-16(24)10-6-15(23)22(8-10)9-12-2-1-5-25-12/h1-5,7,10,17H,6,8-9H2,(H,21,24). The molecule has 1 atom stereocenters. The Bertz CT molecular complexity index is 795. The molecule has 0 aliphatic carbocycles. The number of ether oxygens (including phenoxy) is 1. The minimum Gasteiger partial charge on any atom is -0.467 e. The van der Waals surface area contributed by atoms with Gasteiger partial charge in [-0.15, -0.1) is 0 Å². The molecule has 1 N–H and O–H groups in total. The Morgan fingerprint density at radius 1 is 1.38 bits per heavy atom. The van der Waals surface area contributed by atoms with Crippen molar-refractivity contribution in [1.82, 2.24) is 4.90 Å². The van der Waals surface area contributed by atoms with Crippen LogP contribution in [-0.4, -0.2) is 29.9 Å². The van der Waals surface area contributed by atoms with Gasteiger partial charge < -0.3 is 19.4 Å². The summed E-state index contributed by atoms with van der Waals surface area (Å²) in [6, 6.07) is 6.56. The van der Waals surface area contributed by atoms with Gasteiger partial charge in [-0.25, -0.2) is 4.39 Å². The second-order valence-corrected chi connectivity index (χ2v) is 5.77. The van der Waals surface area contributed by atoms with Crippen LogP contribution in [0.4, 0.5) is 18.9 Å². The summed E-state index contributed by atoms with van der Waals surface area (Å²) in [5.74, 6) is -2.27. The van der Waals surface area contributed by atoms with Crippen LogP contribution in [0, 0.1) is 11.7 Å². The highest BCUT2D eigenvalue weighted by molar-refractivity contribution is 5.97. The monoisotopic (exact) mass is 368 g/mol. The van der Waals surface area contributed by atoms with Gasteiger partial charge in [-0.1, -0.05) is 0 Å². The molecule has 1 unspecified atom stereocenters. The smallest absolute Gasteiger partial charge is 0.387 e. The molecule has 6 nitrogen and oxygen atoms in total. The molecule has 2 heterocycles. The molecule has 1 saturated heterocycles. The number of rotatable bonds is 6. The van der Waals surface area contributed by atoms with Crippen LogP contribution < -0.4 is 10.1 Å². The lowest BCUT2D eigenvalue weighted by Crippen LogP contribution is -2.27. The van der Waals surface area contributed by atoms with Crippen LogP contribution >= 0.6 is 0 Å². The molecular formula is C17H15F3N2O4. The van der Waals surface area contributed by atoms with Crippen molar-refractivity contribution in [3.8, 4) is 5.75 Å². The number of nitrogens with one attached hydrogen (secondary N) is 1. The van der Waals surface area contributed by atoms with E-state index in [-0.39, 0.29) is 31.1 Å². The first-order chi connectivity index (χ1) is 12.4. The first-order valence-electron chi connectivity index (χ1n) is 7.78. The Kier molecular flexibility index (Phi) is 5.15. The molecule has 3 rings (SSSR count). The Morgan fingerprint density at radius 3 is 2.85 bits per heavy atom. The highest BCUT2D eigenvalue weighted by Crippen LogP contribution is 2.25. The van der Waals surface area contributed by atoms with Gasteiger partial charge in [0.05, 0.1) is 18.7 Å². The third kappa shape index (κ3) is 4.16. The van der Waals surface area contributed by atoms with Gasteiger partial charge in [0.2, 0.25) is 11.8 Å². The van der Waals surface area contributed by atoms with Crippen LogP contribution in [0.2, 0.25) is 0 Å². The van der Waals surface area contributed by atoms with E-state index in [1.807, 2.05) is 0 Å². The molecule has 26 heavy (non-hydrogen) atoms. The zero-order valence-corrected chi connectivity index (χ0v) is 13.5. The fourth-order valence-corrected chi connectivity index (χ4v) is 2.71. The van der Waals surface area contributed by atoms with E-state index in [1.165, 1.54) is 17.2 Å². The maximum Gasteiger partial charge on any atom is 0.387 e. The van der Waals surface area contributed by atoms with Crippen LogP contribution in [0.1, 0.15) is 12.2 Å². The number of benzene rings is 1. The number of hydrogen-bond donors (Lipinski definition) is 1. The average Bonchev–Trinajstić information content (AvgIpc) is 3.20. The van der Waals surface area contributed by atoms with Gasteiger partial charge in [-0.3, -0.25) is 9.59 Å². The van der Waals surface area contributed by atoms with E-state index in [9.17, 15) is 22.8 Å². The summed E-state index contributed by atoms with van der Waals surface area (Å²) < 4.78 is 47.1. The van der Waals surface area contributed by atoms with Crippen LogP contribution in [-0.2, 0) is 16.1 Å². The number of hydrogen-bond acceptors (Lipinski definition) is 4. The predicted molar refractivity (Wildman–Crippen MR) is 83.9 cm³/mol. The van der Waals surface area contributed by atoms with Crippen molar-refractivity contribution < 1.29 is 31.9 Å². The lowest BCUT2D eigenvalue weighted by molar-refractivity contribution is -0.128. The first-order valence-corrected chi connectivity index (χ1v) is 7.78. The molecule has 138 valence electrons. The molecule has 9 heteroatoms. The maximum absolute atomic E-state index is 13.7. The average molecular weight is 368 g/mol. The van der Waals surface area contributed by atoms with Gasteiger partial charge in [0.25, 0.3) is 0 Å². The summed E-state index contributed by atoms with van der Waals surface area (Å²) in [7, 11) is 0. The van der Waals surface area contributed by atoms with E-state index < -0.39 is 30.0 Å². The fraction of sp³-hybridized carbons (Fsp3) is 0.294. The topological polar surface area (TPSA) is 71.8 Å². The Balaban J connectivity index is 1.60. The second kappa shape index (κ2) is 7.51. The lowest BCUT2D eigenvalue weighted by atomic mass is 10.1. The molecule has 0 radical (unpaired) electrons. The molecule has 1 aliphatic heterocycles. The third-order valence-corrected chi connectivity index (χ3v) is 3.93. The Morgan fingerprint density at radius 2 is 2.19 bits per heavy atom. The van der Waals surface area contributed by atoms with Crippen LogP contribution in [0.25, 0.3) is 0 Å². The van der Waals surface area contributed by atoms with E-state index in [4.69, 9.17) is 4.42 Å². The third-order valence-electron chi connectivity index (χ3n) is 3.93. The van der Waals surface area contributed by atoms with Gasteiger partial charge in [-0.05, 0) is 24.3 Å². The van der Waals surface area contributed by atoms with Crippen molar-refractivity contribution >= 4 is 17.5 Å². The quantitative estimate of drug-likeness (QED) is 0.851. The number of furan rings is 1. The molecule has 1 aromatic heterocycles. The number of carbonyl (C=O) groups is 2. The summed E-state index contributed by atoms with van der Waals surface area (Å²) in [5.41, 5.74) is 0.0889. The number of halogens is 3. The zero-order valence-electron chi connectivity index (χ0n) is 13.5. The molecule has 2 amide bonds. The first kappa shape index (κ1) is 17.8. The predicted octanol–water partition coefficient (Wildman–Crippen LogP) is 3.01. The zero-order chi connectivity index (χ0) is 18.7. The number of alkyl halides is 2. The molecule has 1 fully saturated rings. The second-order valence-electron chi connectivity index (χ2n) is 5.77. The van der Waals surface area contributed by atoms with Crippen molar-refractivity contribution in [2.24, 2.45) is 5.92 Å². The normalized spacial score (nSPS) is 17.0. The summed E-state index contributed by atoms with van der Waals surface area (Å²) in [6.45, 7) is -2.67. The van der Waals surface area contributed by atoms with Gasteiger partial charge in [0.1, 0.15) is 5.76 Å². The van der Waals surface area contributed by atoms with Crippen LogP contribution in [0.3, 0.4) is 0 Å². The van der Waals surface area contributed by atoms with E-state index in [2.05, 4.69) is 10.1 Å². The molecule has 0 spiro atoms. The summed E-state index contributed by atoms with van der Waals surface area (Å²) in [5, 5.41) is 2.48.